The highest BCUT2D eigenvalue weighted by Crippen LogP contribution is 2.17. The van der Waals surface area contributed by atoms with Gasteiger partial charge in [0.05, 0.1) is 19.6 Å². The van der Waals surface area contributed by atoms with E-state index in [-0.39, 0.29) is 24.3 Å². The van der Waals surface area contributed by atoms with Crippen LogP contribution in [0.2, 0.25) is 0 Å². The summed E-state index contributed by atoms with van der Waals surface area (Å²) in [5, 5.41) is 2.83. The van der Waals surface area contributed by atoms with Gasteiger partial charge in [-0.3, -0.25) is 14.5 Å². The molecule has 1 saturated heterocycles. The zero-order chi connectivity index (χ0) is 15.2. The molecule has 0 bridgehead atoms. The highest BCUT2D eigenvalue weighted by Gasteiger charge is 2.25. The Balaban J connectivity index is 1.84. The number of amides is 2. The van der Waals surface area contributed by atoms with E-state index >= 15 is 0 Å². The molecule has 2 rings (SSSR count). The second-order valence-electron chi connectivity index (χ2n) is 5.25. The zero-order valence-corrected chi connectivity index (χ0v) is 12.2. The molecule has 1 atom stereocenters. The summed E-state index contributed by atoms with van der Waals surface area (Å²) in [6.45, 7) is 1.65. The summed E-state index contributed by atoms with van der Waals surface area (Å²) in [5.41, 5.74) is 6.06. The van der Waals surface area contributed by atoms with Gasteiger partial charge in [0.2, 0.25) is 11.8 Å². The summed E-state index contributed by atoms with van der Waals surface area (Å²) in [7, 11) is 1.60. The number of nitrogens with one attached hydrogen (secondary N) is 1. The largest absolute Gasteiger partial charge is 0.497 e. The average Bonchev–Trinajstić information content (AvgIpc) is 2.48. The van der Waals surface area contributed by atoms with Crippen LogP contribution in [-0.2, 0) is 9.59 Å². The zero-order valence-electron chi connectivity index (χ0n) is 12.2. The highest BCUT2D eigenvalue weighted by molar-refractivity contribution is 5.92. The van der Waals surface area contributed by atoms with Crippen LogP contribution >= 0.6 is 0 Å². The van der Waals surface area contributed by atoms with Crippen molar-refractivity contribution in [2.45, 2.75) is 12.8 Å². The van der Waals surface area contributed by atoms with E-state index in [0.29, 0.717) is 6.54 Å². The molecule has 0 aliphatic carbocycles. The molecular formula is C15H21N3O3. The van der Waals surface area contributed by atoms with E-state index in [1.807, 2.05) is 4.90 Å². The van der Waals surface area contributed by atoms with Crippen LogP contribution in [0.3, 0.4) is 0 Å². The topological polar surface area (TPSA) is 84.7 Å². The fourth-order valence-corrected chi connectivity index (χ4v) is 2.51. The second-order valence-corrected chi connectivity index (χ2v) is 5.25. The fourth-order valence-electron chi connectivity index (χ4n) is 2.51. The Bertz CT molecular complexity index is 501. The number of piperidine rings is 1. The van der Waals surface area contributed by atoms with Crippen molar-refractivity contribution in [3.05, 3.63) is 24.3 Å². The number of anilines is 1. The molecule has 0 aromatic heterocycles. The molecule has 3 N–H and O–H groups in total. The number of nitrogens with zero attached hydrogens (tertiary/aromatic N) is 1. The average molecular weight is 291 g/mol. The molecule has 1 heterocycles. The Kier molecular flexibility index (Phi) is 5.16. The molecule has 1 aromatic rings. The van der Waals surface area contributed by atoms with Crippen LogP contribution in [0, 0.1) is 5.92 Å². The molecule has 6 heteroatoms. The first-order valence-electron chi connectivity index (χ1n) is 7.04. The first-order chi connectivity index (χ1) is 10.1. The van der Waals surface area contributed by atoms with Crippen LogP contribution in [0.5, 0.6) is 5.75 Å². The number of benzene rings is 1. The predicted octanol–water partition coefficient (Wildman–Crippen LogP) is 0.831. The fraction of sp³-hybridized carbons (Fsp3) is 0.467. The van der Waals surface area contributed by atoms with Crippen molar-refractivity contribution in [1.82, 2.24) is 4.90 Å². The third-order valence-corrected chi connectivity index (χ3v) is 3.65. The van der Waals surface area contributed by atoms with E-state index in [1.54, 1.807) is 31.4 Å². The molecule has 1 aromatic carbocycles. The van der Waals surface area contributed by atoms with Crippen molar-refractivity contribution in [2.75, 3.05) is 32.1 Å². The minimum absolute atomic E-state index is 0.0923. The number of primary amides is 1. The molecule has 6 nitrogen and oxygen atoms in total. The summed E-state index contributed by atoms with van der Waals surface area (Å²) in [6, 6.07) is 7.16. The summed E-state index contributed by atoms with van der Waals surface area (Å²) in [4.78, 5) is 25.2. The summed E-state index contributed by atoms with van der Waals surface area (Å²) < 4.78 is 5.07. The van der Waals surface area contributed by atoms with Gasteiger partial charge in [-0.2, -0.15) is 0 Å². The maximum absolute atomic E-state index is 12.0. The molecule has 21 heavy (non-hydrogen) atoms. The monoisotopic (exact) mass is 291 g/mol. The number of ether oxygens (including phenoxy) is 1. The molecular weight excluding hydrogens is 270 g/mol. The van der Waals surface area contributed by atoms with Gasteiger partial charge in [0, 0.05) is 12.2 Å². The van der Waals surface area contributed by atoms with Crippen molar-refractivity contribution >= 4 is 17.5 Å². The van der Waals surface area contributed by atoms with Crippen LogP contribution < -0.4 is 15.8 Å². The van der Waals surface area contributed by atoms with Crippen molar-refractivity contribution in [2.24, 2.45) is 11.7 Å². The molecule has 0 radical (unpaired) electrons. The van der Waals surface area contributed by atoms with Crippen molar-refractivity contribution in [3.8, 4) is 5.75 Å². The van der Waals surface area contributed by atoms with E-state index in [9.17, 15) is 9.59 Å². The first kappa shape index (κ1) is 15.3. The lowest BCUT2D eigenvalue weighted by Crippen LogP contribution is -2.44. The van der Waals surface area contributed by atoms with Crippen LogP contribution in [0.4, 0.5) is 5.69 Å². The third-order valence-electron chi connectivity index (χ3n) is 3.65. The lowest BCUT2D eigenvalue weighted by molar-refractivity contribution is -0.125. The van der Waals surface area contributed by atoms with Crippen LogP contribution in [0.25, 0.3) is 0 Å². The molecule has 1 aliphatic heterocycles. The van der Waals surface area contributed by atoms with Gasteiger partial charge < -0.3 is 15.8 Å². The lowest BCUT2D eigenvalue weighted by Gasteiger charge is -2.30. The van der Waals surface area contributed by atoms with Crippen molar-refractivity contribution in [1.29, 1.82) is 0 Å². The Morgan fingerprint density at radius 1 is 1.38 bits per heavy atom. The van der Waals surface area contributed by atoms with Gasteiger partial charge in [-0.05, 0) is 43.7 Å². The Morgan fingerprint density at radius 3 is 2.71 bits per heavy atom. The van der Waals surface area contributed by atoms with Crippen LogP contribution in [0.1, 0.15) is 12.8 Å². The number of carbonyl (C=O) groups is 2. The van der Waals surface area contributed by atoms with Crippen LogP contribution in [-0.4, -0.2) is 43.5 Å². The third kappa shape index (κ3) is 4.46. The summed E-state index contributed by atoms with van der Waals surface area (Å²) >= 11 is 0. The molecule has 1 aliphatic rings. The van der Waals surface area contributed by atoms with Crippen molar-refractivity contribution < 1.29 is 14.3 Å². The smallest absolute Gasteiger partial charge is 0.238 e. The SMILES string of the molecule is COc1ccc(NC(=O)CN2CCC[C@@H](C(N)=O)C2)cc1. The van der Waals surface area contributed by atoms with E-state index in [2.05, 4.69) is 5.32 Å². The minimum Gasteiger partial charge on any atom is -0.497 e. The normalized spacial score (nSPS) is 19.0. The van der Waals surface area contributed by atoms with Gasteiger partial charge in [0.15, 0.2) is 0 Å². The number of hydrogen-bond acceptors (Lipinski definition) is 4. The summed E-state index contributed by atoms with van der Waals surface area (Å²) in [5.74, 6) is 0.224. The quantitative estimate of drug-likeness (QED) is 0.841. The lowest BCUT2D eigenvalue weighted by atomic mass is 9.97. The maximum Gasteiger partial charge on any atom is 0.238 e. The predicted molar refractivity (Wildman–Crippen MR) is 80.0 cm³/mol. The van der Waals surface area contributed by atoms with E-state index in [1.165, 1.54) is 0 Å². The van der Waals surface area contributed by atoms with E-state index in [0.717, 1.165) is 30.8 Å². The number of likely N-dealkylation sites (tertiary alicyclic amines) is 1. The Morgan fingerprint density at radius 2 is 2.10 bits per heavy atom. The summed E-state index contributed by atoms with van der Waals surface area (Å²) in [6.07, 6.45) is 1.70. The molecule has 114 valence electrons. The molecule has 2 amide bonds. The number of nitrogens with two attached hydrogens (primary N) is 1. The Labute approximate surface area is 124 Å². The number of methoxy groups -OCH3 is 1. The maximum atomic E-state index is 12.0. The number of carbonyl (C=O) groups excluding carboxylic acids is 2. The number of rotatable bonds is 5. The van der Waals surface area contributed by atoms with Gasteiger partial charge in [-0.15, -0.1) is 0 Å². The van der Waals surface area contributed by atoms with E-state index < -0.39 is 0 Å². The minimum atomic E-state index is -0.282. The van der Waals surface area contributed by atoms with Gasteiger partial charge in [-0.25, -0.2) is 0 Å². The molecule has 0 saturated carbocycles. The molecule has 0 unspecified atom stereocenters. The highest BCUT2D eigenvalue weighted by atomic mass is 16.5. The second kappa shape index (κ2) is 7.08. The van der Waals surface area contributed by atoms with Crippen molar-refractivity contribution in [3.63, 3.8) is 0 Å². The first-order valence-corrected chi connectivity index (χ1v) is 7.04. The number of hydrogen-bond donors (Lipinski definition) is 2. The van der Waals surface area contributed by atoms with Gasteiger partial charge in [0.25, 0.3) is 0 Å². The van der Waals surface area contributed by atoms with Gasteiger partial charge in [0.1, 0.15) is 5.75 Å². The van der Waals surface area contributed by atoms with Crippen LogP contribution in [0.15, 0.2) is 24.3 Å². The van der Waals surface area contributed by atoms with Gasteiger partial charge in [-0.1, -0.05) is 0 Å². The molecule has 0 spiro atoms. The standard InChI is InChI=1S/C15H21N3O3/c1-21-13-6-4-12(5-7-13)17-14(19)10-18-8-2-3-11(9-18)15(16)20/h4-7,11H,2-3,8-10H2,1H3,(H2,16,20)(H,17,19)/t11-/m1/s1. The van der Waals surface area contributed by atoms with E-state index in [4.69, 9.17) is 10.5 Å². The van der Waals surface area contributed by atoms with Gasteiger partial charge >= 0.3 is 0 Å². The Hall–Kier alpha value is -2.08. The molecule has 1 fully saturated rings.